The third-order valence-electron chi connectivity index (χ3n) is 6.37. The van der Waals surface area contributed by atoms with Crippen LogP contribution in [0.15, 0.2) is 76.2 Å². The standard InChI is InChI=1S/C28H31N5O6/c34-27(22-6-2-1-3-7-22)29-15-5-4-8-25(32-16-18-38-19-17-32)28(35)31-30-20-24-13-14-26(39-24)21-9-11-23(12-10-21)33(36)37/h1-3,6-7,9-14,20,25H,4-5,8,15-19H2,(H,29,34)(H,31,35). The zero-order chi connectivity index (χ0) is 27.5. The molecule has 1 atom stereocenters. The van der Waals surface area contributed by atoms with E-state index in [9.17, 15) is 19.7 Å². The van der Waals surface area contributed by atoms with Gasteiger partial charge in [0, 0.05) is 42.9 Å². The third kappa shape index (κ3) is 8.06. The van der Waals surface area contributed by atoms with Crippen molar-refractivity contribution in [1.82, 2.24) is 15.6 Å². The molecule has 4 rings (SSSR count). The van der Waals surface area contributed by atoms with Crippen molar-refractivity contribution in [3.05, 3.63) is 88.2 Å². The van der Waals surface area contributed by atoms with Gasteiger partial charge in [-0.3, -0.25) is 24.6 Å². The summed E-state index contributed by atoms with van der Waals surface area (Å²) in [6.07, 6.45) is 3.54. The first-order valence-corrected chi connectivity index (χ1v) is 12.8. The van der Waals surface area contributed by atoms with Gasteiger partial charge in [0.15, 0.2) is 0 Å². The zero-order valence-corrected chi connectivity index (χ0v) is 21.5. The minimum atomic E-state index is -0.458. The highest BCUT2D eigenvalue weighted by molar-refractivity contribution is 5.94. The highest BCUT2D eigenvalue weighted by Gasteiger charge is 2.27. The summed E-state index contributed by atoms with van der Waals surface area (Å²) in [6, 6.07) is 18.2. The molecular formula is C28H31N5O6. The molecule has 39 heavy (non-hydrogen) atoms. The highest BCUT2D eigenvalue weighted by atomic mass is 16.6. The lowest BCUT2D eigenvalue weighted by atomic mass is 10.1. The summed E-state index contributed by atoms with van der Waals surface area (Å²) in [5.41, 5.74) is 3.94. The zero-order valence-electron chi connectivity index (χ0n) is 21.5. The van der Waals surface area contributed by atoms with Crippen LogP contribution in [0.4, 0.5) is 5.69 Å². The molecule has 11 nitrogen and oxygen atoms in total. The Bertz CT molecular complexity index is 1270. The third-order valence-corrected chi connectivity index (χ3v) is 6.37. The van der Waals surface area contributed by atoms with Crippen LogP contribution in [-0.4, -0.2) is 66.7 Å². The molecule has 2 amide bonds. The lowest BCUT2D eigenvalue weighted by Gasteiger charge is -2.33. The number of morpholine rings is 1. The van der Waals surface area contributed by atoms with Crippen LogP contribution < -0.4 is 10.7 Å². The number of rotatable bonds is 12. The van der Waals surface area contributed by atoms with Crippen LogP contribution in [0, 0.1) is 10.1 Å². The second-order valence-electron chi connectivity index (χ2n) is 9.02. The monoisotopic (exact) mass is 533 g/mol. The van der Waals surface area contributed by atoms with Crippen LogP contribution in [0.3, 0.4) is 0 Å². The van der Waals surface area contributed by atoms with E-state index in [1.54, 1.807) is 36.4 Å². The number of benzene rings is 2. The van der Waals surface area contributed by atoms with Gasteiger partial charge in [-0.05, 0) is 55.7 Å². The summed E-state index contributed by atoms with van der Waals surface area (Å²) in [5.74, 6) is 0.634. The average molecular weight is 534 g/mol. The number of carbonyl (C=O) groups excluding carboxylic acids is 2. The maximum absolute atomic E-state index is 13.0. The van der Waals surface area contributed by atoms with Crippen LogP contribution in [0.1, 0.15) is 35.4 Å². The molecular weight excluding hydrogens is 502 g/mol. The molecule has 1 aliphatic heterocycles. The lowest BCUT2D eigenvalue weighted by Crippen LogP contribution is -2.50. The van der Waals surface area contributed by atoms with E-state index in [0.717, 1.165) is 12.8 Å². The molecule has 0 radical (unpaired) electrons. The Labute approximate surface area is 226 Å². The van der Waals surface area contributed by atoms with Gasteiger partial charge in [0.1, 0.15) is 11.5 Å². The normalized spacial score (nSPS) is 14.7. The molecule has 1 unspecified atom stereocenters. The van der Waals surface area contributed by atoms with Crippen LogP contribution in [-0.2, 0) is 9.53 Å². The van der Waals surface area contributed by atoms with Crippen molar-refractivity contribution in [1.29, 1.82) is 0 Å². The van der Waals surface area contributed by atoms with Gasteiger partial charge >= 0.3 is 0 Å². The molecule has 3 aromatic rings. The first-order valence-electron chi connectivity index (χ1n) is 12.8. The van der Waals surface area contributed by atoms with E-state index in [0.29, 0.717) is 61.9 Å². The van der Waals surface area contributed by atoms with Crippen LogP contribution >= 0.6 is 0 Å². The number of nitro groups is 1. The molecule has 1 fully saturated rings. The van der Waals surface area contributed by atoms with Gasteiger partial charge < -0.3 is 14.5 Å². The Hall–Kier alpha value is -4.35. The fourth-order valence-electron chi connectivity index (χ4n) is 4.28. The molecule has 0 saturated carbocycles. The van der Waals surface area contributed by atoms with Gasteiger partial charge in [-0.25, -0.2) is 5.43 Å². The van der Waals surface area contributed by atoms with Crippen molar-refractivity contribution in [2.75, 3.05) is 32.8 Å². The first-order chi connectivity index (χ1) is 19.0. The summed E-state index contributed by atoms with van der Waals surface area (Å²) in [7, 11) is 0. The van der Waals surface area contributed by atoms with E-state index < -0.39 is 4.92 Å². The van der Waals surface area contributed by atoms with E-state index in [4.69, 9.17) is 9.15 Å². The summed E-state index contributed by atoms with van der Waals surface area (Å²) < 4.78 is 11.2. The Morgan fingerprint density at radius 2 is 1.77 bits per heavy atom. The molecule has 1 aromatic heterocycles. The molecule has 1 aliphatic rings. The van der Waals surface area contributed by atoms with E-state index in [-0.39, 0.29) is 23.5 Å². The second kappa shape index (κ2) is 14.0. The van der Waals surface area contributed by atoms with Crippen molar-refractivity contribution in [2.24, 2.45) is 5.10 Å². The fourth-order valence-corrected chi connectivity index (χ4v) is 4.28. The highest BCUT2D eigenvalue weighted by Crippen LogP contribution is 2.24. The van der Waals surface area contributed by atoms with Crippen LogP contribution in [0.25, 0.3) is 11.3 Å². The Kier molecular flexibility index (Phi) is 9.92. The summed E-state index contributed by atoms with van der Waals surface area (Å²) >= 11 is 0. The van der Waals surface area contributed by atoms with Crippen LogP contribution in [0.2, 0.25) is 0 Å². The van der Waals surface area contributed by atoms with Crippen molar-refractivity contribution in [2.45, 2.75) is 25.3 Å². The topological polar surface area (TPSA) is 139 Å². The summed E-state index contributed by atoms with van der Waals surface area (Å²) in [4.78, 5) is 37.7. The maximum Gasteiger partial charge on any atom is 0.269 e. The van der Waals surface area contributed by atoms with Gasteiger partial charge in [-0.1, -0.05) is 18.2 Å². The lowest BCUT2D eigenvalue weighted by molar-refractivity contribution is -0.384. The smallest absolute Gasteiger partial charge is 0.269 e. The molecule has 2 aromatic carbocycles. The van der Waals surface area contributed by atoms with E-state index in [2.05, 4.69) is 20.7 Å². The second-order valence-corrected chi connectivity index (χ2v) is 9.02. The largest absolute Gasteiger partial charge is 0.455 e. The molecule has 0 bridgehead atoms. The molecule has 0 aliphatic carbocycles. The number of non-ortho nitro benzene ring substituents is 1. The first kappa shape index (κ1) is 27.7. The predicted molar refractivity (Wildman–Crippen MR) is 145 cm³/mol. The van der Waals surface area contributed by atoms with Crippen molar-refractivity contribution in [3.63, 3.8) is 0 Å². The molecule has 1 saturated heterocycles. The SMILES string of the molecule is O=C(NCCCCC(C(=O)NN=Cc1ccc(-c2ccc([N+](=O)[O-])cc2)o1)N1CCOCC1)c1ccccc1. The van der Waals surface area contributed by atoms with Crippen molar-refractivity contribution in [3.8, 4) is 11.3 Å². The van der Waals surface area contributed by atoms with Gasteiger partial charge in [0.25, 0.3) is 17.5 Å². The van der Waals surface area contributed by atoms with Gasteiger partial charge in [-0.15, -0.1) is 0 Å². The minimum Gasteiger partial charge on any atom is -0.455 e. The Morgan fingerprint density at radius 1 is 1.03 bits per heavy atom. The number of nitrogens with one attached hydrogen (secondary N) is 2. The number of hydrazone groups is 1. The molecule has 2 N–H and O–H groups in total. The van der Waals surface area contributed by atoms with E-state index in [1.165, 1.54) is 18.3 Å². The number of nitro benzene ring substituents is 1. The number of amides is 2. The maximum atomic E-state index is 13.0. The Morgan fingerprint density at radius 3 is 2.49 bits per heavy atom. The van der Waals surface area contributed by atoms with Gasteiger partial charge in [-0.2, -0.15) is 5.10 Å². The molecule has 204 valence electrons. The average Bonchev–Trinajstić information content (AvgIpc) is 3.44. The number of ether oxygens (including phenoxy) is 1. The van der Waals surface area contributed by atoms with Crippen molar-refractivity contribution < 1.29 is 23.7 Å². The minimum absolute atomic E-state index is 0.00145. The molecule has 2 heterocycles. The number of unbranched alkanes of at least 4 members (excludes halogenated alkanes) is 1. The van der Waals surface area contributed by atoms with Crippen molar-refractivity contribution >= 4 is 23.7 Å². The Balaban J connectivity index is 1.28. The van der Waals surface area contributed by atoms with Gasteiger partial charge in [0.2, 0.25) is 0 Å². The number of carbonyl (C=O) groups is 2. The number of nitrogens with zero attached hydrogens (tertiary/aromatic N) is 3. The van der Waals surface area contributed by atoms with E-state index >= 15 is 0 Å². The number of hydrogen-bond donors (Lipinski definition) is 2. The predicted octanol–water partition coefficient (Wildman–Crippen LogP) is 3.61. The summed E-state index contributed by atoms with van der Waals surface area (Å²) in [5, 5.41) is 17.8. The van der Waals surface area contributed by atoms with E-state index in [1.807, 2.05) is 18.2 Å². The van der Waals surface area contributed by atoms with Crippen LogP contribution in [0.5, 0.6) is 0 Å². The fraction of sp³-hybridized carbons (Fsp3) is 0.321. The quantitative estimate of drug-likeness (QED) is 0.157. The van der Waals surface area contributed by atoms with Gasteiger partial charge in [0.05, 0.1) is 30.4 Å². The molecule has 0 spiro atoms. The number of hydrogen-bond acceptors (Lipinski definition) is 8. The summed E-state index contributed by atoms with van der Waals surface area (Å²) in [6.45, 7) is 2.97. The molecule has 11 heteroatoms. The number of furan rings is 1.